The second kappa shape index (κ2) is 11.0. The molecule has 0 atom stereocenters. The Bertz CT molecular complexity index is 1450. The first-order valence-corrected chi connectivity index (χ1v) is 12.6. The van der Waals surface area contributed by atoms with E-state index in [1.165, 1.54) is 11.8 Å². The van der Waals surface area contributed by atoms with Crippen LogP contribution in [0.25, 0.3) is 11.3 Å². The van der Waals surface area contributed by atoms with Crippen molar-refractivity contribution in [3.8, 4) is 11.3 Å². The average Bonchev–Trinajstić information content (AvgIpc) is 3.53. The number of thioether (sulfide) groups is 1. The summed E-state index contributed by atoms with van der Waals surface area (Å²) in [4.78, 5) is 18.3. The number of aromatic nitrogens is 4. The third-order valence-corrected chi connectivity index (χ3v) is 6.64. The number of carbonyl (C=O) groups excluding carboxylic acids is 1. The molecular formula is C28H25N5O2S. The van der Waals surface area contributed by atoms with E-state index in [4.69, 9.17) is 9.62 Å². The maximum absolute atomic E-state index is 13.2. The van der Waals surface area contributed by atoms with E-state index in [0.717, 1.165) is 27.3 Å². The highest BCUT2D eigenvalue weighted by atomic mass is 32.2. The summed E-state index contributed by atoms with van der Waals surface area (Å²) in [6.45, 7) is 2.78. The summed E-state index contributed by atoms with van der Waals surface area (Å²) in [5.41, 5.74) is 4.61. The highest BCUT2D eigenvalue weighted by Gasteiger charge is 2.16. The molecule has 0 saturated heterocycles. The van der Waals surface area contributed by atoms with E-state index in [-0.39, 0.29) is 5.91 Å². The lowest BCUT2D eigenvalue weighted by Gasteiger charge is -2.09. The fourth-order valence-electron chi connectivity index (χ4n) is 3.88. The molecule has 1 amide bonds. The van der Waals surface area contributed by atoms with E-state index in [2.05, 4.69) is 27.6 Å². The van der Waals surface area contributed by atoms with Gasteiger partial charge in [-0.05, 0) is 17.7 Å². The van der Waals surface area contributed by atoms with Gasteiger partial charge in [0.25, 0.3) is 5.91 Å². The predicted molar refractivity (Wildman–Crippen MR) is 139 cm³/mol. The smallest absolute Gasteiger partial charge is 0.252 e. The summed E-state index contributed by atoms with van der Waals surface area (Å²) in [5, 5.41) is 11.9. The van der Waals surface area contributed by atoms with Crippen LogP contribution in [-0.2, 0) is 18.8 Å². The molecular weight excluding hydrogens is 470 g/mol. The standard InChI is InChI=1S/C28H25N5O2S/c1-20-30-26(32-35-20)19-36-25-15-9-8-14-24(25)28(34)29-16-23-18-33(17-21-10-4-2-5-11-21)31-27(23)22-12-6-3-7-13-22/h2-15,18H,16-17,19H2,1H3,(H,29,34). The van der Waals surface area contributed by atoms with Crippen molar-refractivity contribution < 1.29 is 9.32 Å². The SMILES string of the molecule is Cc1nc(CSc2ccccc2C(=O)NCc2cn(Cc3ccccc3)nc2-c2ccccc2)no1. The maximum Gasteiger partial charge on any atom is 0.252 e. The van der Waals surface area contributed by atoms with Crippen LogP contribution >= 0.6 is 11.8 Å². The molecule has 0 saturated carbocycles. The Labute approximate surface area is 213 Å². The van der Waals surface area contributed by atoms with Gasteiger partial charge in [-0.1, -0.05) is 78.0 Å². The molecule has 36 heavy (non-hydrogen) atoms. The third-order valence-electron chi connectivity index (χ3n) is 5.57. The van der Waals surface area contributed by atoms with Crippen LogP contribution in [0.5, 0.6) is 0 Å². The summed E-state index contributed by atoms with van der Waals surface area (Å²) in [5.74, 6) is 1.51. The van der Waals surface area contributed by atoms with Crippen LogP contribution in [-0.4, -0.2) is 25.8 Å². The van der Waals surface area contributed by atoms with Crippen LogP contribution in [0.1, 0.15) is 33.2 Å². The van der Waals surface area contributed by atoms with Gasteiger partial charge in [-0.2, -0.15) is 10.1 Å². The van der Waals surface area contributed by atoms with Crippen LogP contribution in [0.15, 0.2) is 101 Å². The molecule has 2 heterocycles. The van der Waals surface area contributed by atoms with Gasteiger partial charge in [-0.25, -0.2) is 0 Å². The van der Waals surface area contributed by atoms with E-state index >= 15 is 0 Å². The molecule has 0 aliphatic heterocycles. The average molecular weight is 496 g/mol. The van der Waals surface area contributed by atoms with Gasteiger partial charge in [0, 0.05) is 35.7 Å². The quantitative estimate of drug-likeness (QED) is 0.271. The molecule has 5 aromatic rings. The number of hydrogen-bond donors (Lipinski definition) is 1. The molecule has 3 aromatic carbocycles. The molecule has 1 N–H and O–H groups in total. The molecule has 0 radical (unpaired) electrons. The maximum atomic E-state index is 13.2. The van der Waals surface area contributed by atoms with Gasteiger partial charge in [0.05, 0.1) is 23.6 Å². The summed E-state index contributed by atoms with van der Waals surface area (Å²) in [6, 6.07) is 27.8. The van der Waals surface area contributed by atoms with Gasteiger partial charge in [0.2, 0.25) is 5.89 Å². The highest BCUT2D eigenvalue weighted by Crippen LogP contribution is 2.26. The van der Waals surface area contributed by atoms with Crippen molar-refractivity contribution in [3.05, 3.63) is 120 Å². The number of aryl methyl sites for hydroxylation is 1. The Hall–Kier alpha value is -4.17. The minimum Gasteiger partial charge on any atom is -0.348 e. The molecule has 5 rings (SSSR count). The summed E-state index contributed by atoms with van der Waals surface area (Å²) in [6.07, 6.45) is 2.01. The number of amides is 1. The lowest BCUT2D eigenvalue weighted by molar-refractivity contribution is 0.0948. The fraction of sp³-hybridized carbons (Fsp3) is 0.143. The number of benzene rings is 3. The first-order valence-electron chi connectivity index (χ1n) is 11.6. The first-order chi connectivity index (χ1) is 17.7. The molecule has 0 unspecified atom stereocenters. The summed E-state index contributed by atoms with van der Waals surface area (Å²) in [7, 11) is 0. The monoisotopic (exact) mass is 495 g/mol. The first kappa shape index (κ1) is 23.6. The second-order valence-corrected chi connectivity index (χ2v) is 9.27. The summed E-state index contributed by atoms with van der Waals surface area (Å²) < 4.78 is 6.97. The molecule has 0 bridgehead atoms. The van der Waals surface area contributed by atoms with Crippen LogP contribution in [0.3, 0.4) is 0 Å². The predicted octanol–water partition coefficient (Wildman–Crippen LogP) is 5.51. The van der Waals surface area contributed by atoms with E-state index in [1.807, 2.05) is 83.7 Å². The molecule has 0 aliphatic rings. The number of hydrogen-bond acceptors (Lipinski definition) is 6. The minimum atomic E-state index is -0.141. The molecule has 180 valence electrons. The van der Waals surface area contributed by atoms with Gasteiger partial charge in [-0.3, -0.25) is 9.48 Å². The molecule has 7 nitrogen and oxygen atoms in total. The normalized spacial score (nSPS) is 10.9. The zero-order valence-electron chi connectivity index (χ0n) is 19.8. The topological polar surface area (TPSA) is 85.8 Å². The van der Waals surface area contributed by atoms with E-state index in [0.29, 0.717) is 36.1 Å². The van der Waals surface area contributed by atoms with Crippen LogP contribution in [0.4, 0.5) is 0 Å². The van der Waals surface area contributed by atoms with Crippen molar-refractivity contribution in [1.82, 2.24) is 25.2 Å². The minimum absolute atomic E-state index is 0.141. The molecule has 0 aliphatic carbocycles. The number of nitrogens with zero attached hydrogens (tertiary/aromatic N) is 4. The molecule has 0 fully saturated rings. The van der Waals surface area contributed by atoms with Crippen molar-refractivity contribution in [3.63, 3.8) is 0 Å². The van der Waals surface area contributed by atoms with E-state index in [9.17, 15) is 4.79 Å². The van der Waals surface area contributed by atoms with Crippen molar-refractivity contribution >= 4 is 17.7 Å². The molecule has 2 aromatic heterocycles. The van der Waals surface area contributed by atoms with Crippen molar-refractivity contribution in [1.29, 1.82) is 0 Å². The second-order valence-electron chi connectivity index (χ2n) is 8.25. The van der Waals surface area contributed by atoms with E-state index < -0.39 is 0 Å². The van der Waals surface area contributed by atoms with Crippen LogP contribution in [0, 0.1) is 6.92 Å². The zero-order valence-corrected chi connectivity index (χ0v) is 20.6. The van der Waals surface area contributed by atoms with Crippen molar-refractivity contribution in [2.45, 2.75) is 30.7 Å². The number of rotatable bonds is 9. The lowest BCUT2D eigenvalue weighted by atomic mass is 10.1. The Kier molecular flexibility index (Phi) is 7.23. The Morgan fingerprint density at radius 3 is 2.44 bits per heavy atom. The van der Waals surface area contributed by atoms with Crippen molar-refractivity contribution in [2.24, 2.45) is 0 Å². The highest BCUT2D eigenvalue weighted by molar-refractivity contribution is 7.98. The van der Waals surface area contributed by atoms with Gasteiger partial charge < -0.3 is 9.84 Å². The lowest BCUT2D eigenvalue weighted by Crippen LogP contribution is -2.23. The van der Waals surface area contributed by atoms with Crippen molar-refractivity contribution in [2.75, 3.05) is 0 Å². The van der Waals surface area contributed by atoms with Gasteiger partial charge in [-0.15, -0.1) is 11.8 Å². The van der Waals surface area contributed by atoms with E-state index in [1.54, 1.807) is 6.92 Å². The Morgan fingerprint density at radius 2 is 1.69 bits per heavy atom. The largest absolute Gasteiger partial charge is 0.348 e. The number of nitrogens with one attached hydrogen (secondary N) is 1. The van der Waals surface area contributed by atoms with Crippen LogP contribution in [0.2, 0.25) is 0 Å². The summed E-state index contributed by atoms with van der Waals surface area (Å²) >= 11 is 1.51. The zero-order chi connectivity index (χ0) is 24.7. The Morgan fingerprint density at radius 1 is 0.972 bits per heavy atom. The fourth-order valence-corrected chi connectivity index (χ4v) is 4.77. The molecule has 0 spiro atoms. The van der Waals surface area contributed by atoms with Gasteiger partial charge in [0.15, 0.2) is 5.82 Å². The van der Waals surface area contributed by atoms with Gasteiger partial charge in [0.1, 0.15) is 0 Å². The van der Waals surface area contributed by atoms with Gasteiger partial charge >= 0.3 is 0 Å². The third kappa shape index (κ3) is 5.72. The Balaban J connectivity index is 1.33. The molecule has 8 heteroatoms. The number of carbonyl (C=O) groups is 1. The van der Waals surface area contributed by atoms with Crippen LogP contribution < -0.4 is 5.32 Å².